The quantitative estimate of drug-likeness (QED) is 0.787. The fraction of sp³-hybridized carbons (Fsp3) is 0.455. The second-order valence-electron chi connectivity index (χ2n) is 4.18. The molecule has 0 radical (unpaired) electrons. The summed E-state index contributed by atoms with van der Waals surface area (Å²) in [5, 5.41) is 11.5. The van der Waals surface area contributed by atoms with Gasteiger partial charge in [-0.15, -0.1) is 0 Å². The van der Waals surface area contributed by atoms with Gasteiger partial charge in [0.15, 0.2) is 0 Å². The molecule has 0 bridgehead atoms. The molecule has 0 saturated heterocycles. The summed E-state index contributed by atoms with van der Waals surface area (Å²) >= 11 is 0. The van der Waals surface area contributed by atoms with E-state index in [1.54, 1.807) is 29.9 Å². The third kappa shape index (κ3) is 1.93. The average Bonchev–Trinajstić information content (AvgIpc) is 2.56. The van der Waals surface area contributed by atoms with E-state index in [-0.39, 0.29) is 17.9 Å². The number of carbonyl (C=O) groups excluding carboxylic acids is 1. The van der Waals surface area contributed by atoms with Gasteiger partial charge in [0.05, 0.1) is 5.92 Å². The molecule has 0 unspecified atom stereocenters. The van der Waals surface area contributed by atoms with Gasteiger partial charge >= 0.3 is 5.97 Å². The Labute approximate surface area is 93.1 Å². The minimum Gasteiger partial charge on any atom is -0.481 e. The van der Waals surface area contributed by atoms with Crippen molar-refractivity contribution in [3.8, 4) is 0 Å². The van der Waals surface area contributed by atoms with E-state index in [0.29, 0.717) is 18.5 Å². The van der Waals surface area contributed by atoms with Crippen molar-refractivity contribution in [2.24, 2.45) is 13.0 Å². The van der Waals surface area contributed by atoms with E-state index in [1.807, 2.05) is 0 Å². The molecule has 2 rings (SSSR count). The number of carboxylic acid groups (broad SMARTS) is 1. The zero-order chi connectivity index (χ0) is 11.7. The van der Waals surface area contributed by atoms with E-state index < -0.39 is 5.97 Å². The third-order valence-electron chi connectivity index (χ3n) is 3.00. The van der Waals surface area contributed by atoms with Gasteiger partial charge in [0, 0.05) is 19.3 Å². The van der Waals surface area contributed by atoms with Gasteiger partial charge in [0.25, 0.3) is 5.91 Å². The van der Waals surface area contributed by atoms with Crippen molar-refractivity contribution >= 4 is 11.9 Å². The van der Waals surface area contributed by atoms with Gasteiger partial charge in [-0.2, -0.15) is 0 Å². The molecule has 0 spiro atoms. The predicted octanol–water partition coefficient (Wildman–Crippen LogP) is 0.618. The topological polar surface area (TPSA) is 71.3 Å². The molecule has 2 N–H and O–H groups in total. The predicted molar refractivity (Wildman–Crippen MR) is 57.0 cm³/mol. The Kier molecular flexibility index (Phi) is 2.68. The second-order valence-corrected chi connectivity index (χ2v) is 4.18. The molecule has 1 amide bonds. The normalized spacial score (nSPS) is 23.6. The molecule has 0 aromatic carbocycles. The first-order valence-corrected chi connectivity index (χ1v) is 5.23. The van der Waals surface area contributed by atoms with E-state index in [2.05, 4.69) is 5.32 Å². The fourth-order valence-corrected chi connectivity index (χ4v) is 1.89. The highest BCUT2D eigenvalue weighted by Crippen LogP contribution is 2.27. The molecule has 0 aliphatic heterocycles. The first-order chi connectivity index (χ1) is 7.58. The maximum absolute atomic E-state index is 11.7. The summed E-state index contributed by atoms with van der Waals surface area (Å²) in [6.07, 6.45) is 2.87. The van der Waals surface area contributed by atoms with Gasteiger partial charge in [-0.1, -0.05) is 0 Å². The van der Waals surface area contributed by atoms with E-state index >= 15 is 0 Å². The van der Waals surface area contributed by atoms with Crippen LogP contribution in [0.25, 0.3) is 0 Å². The standard InChI is InChI=1S/C11H14N2O3/c1-13-4-2-3-9(13)10(14)12-8-5-7(6-8)11(15)16/h2-4,7-8H,5-6H2,1H3,(H,12,14)(H,15,16). The lowest BCUT2D eigenvalue weighted by atomic mass is 9.80. The molecule has 1 fully saturated rings. The van der Waals surface area contributed by atoms with Crippen LogP contribution in [-0.4, -0.2) is 27.6 Å². The third-order valence-corrected chi connectivity index (χ3v) is 3.00. The lowest BCUT2D eigenvalue weighted by Gasteiger charge is -2.32. The molecular weight excluding hydrogens is 208 g/mol. The van der Waals surface area contributed by atoms with Crippen LogP contribution in [0.2, 0.25) is 0 Å². The number of aromatic nitrogens is 1. The van der Waals surface area contributed by atoms with Crippen molar-refractivity contribution in [3.05, 3.63) is 24.0 Å². The van der Waals surface area contributed by atoms with Crippen LogP contribution in [0.3, 0.4) is 0 Å². The van der Waals surface area contributed by atoms with E-state index in [1.165, 1.54) is 0 Å². The largest absolute Gasteiger partial charge is 0.481 e. The SMILES string of the molecule is Cn1cccc1C(=O)NC1CC(C(=O)O)C1. The van der Waals surface area contributed by atoms with Crippen LogP contribution in [0, 0.1) is 5.92 Å². The fourth-order valence-electron chi connectivity index (χ4n) is 1.89. The number of amides is 1. The van der Waals surface area contributed by atoms with Crippen LogP contribution in [-0.2, 0) is 11.8 Å². The first kappa shape index (κ1) is 10.7. The Morgan fingerprint density at radius 1 is 1.50 bits per heavy atom. The Morgan fingerprint density at radius 2 is 2.19 bits per heavy atom. The maximum atomic E-state index is 11.7. The van der Waals surface area contributed by atoms with Crippen molar-refractivity contribution < 1.29 is 14.7 Å². The second kappa shape index (κ2) is 4.00. The Balaban J connectivity index is 1.87. The molecule has 86 valence electrons. The van der Waals surface area contributed by atoms with Crippen LogP contribution in [0.4, 0.5) is 0 Å². The highest BCUT2D eigenvalue weighted by atomic mass is 16.4. The molecule has 1 aromatic rings. The molecule has 5 heteroatoms. The van der Waals surface area contributed by atoms with Crippen molar-refractivity contribution in [1.29, 1.82) is 0 Å². The molecule has 1 aliphatic rings. The van der Waals surface area contributed by atoms with Crippen molar-refractivity contribution in [2.75, 3.05) is 0 Å². The van der Waals surface area contributed by atoms with Gasteiger partial charge < -0.3 is 15.0 Å². The number of carbonyl (C=O) groups is 2. The van der Waals surface area contributed by atoms with Gasteiger partial charge in [-0.05, 0) is 25.0 Å². The summed E-state index contributed by atoms with van der Waals surface area (Å²) < 4.78 is 1.74. The summed E-state index contributed by atoms with van der Waals surface area (Å²) in [5.41, 5.74) is 0.596. The number of nitrogens with zero attached hydrogens (tertiary/aromatic N) is 1. The average molecular weight is 222 g/mol. The monoisotopic (exact) mass is 222 g/mol. The van der Waals surface area contributed by atoms with Crippen LogP contribution >= 0.6 is 0 Å². The van der Waals surface area contributed by atoms with Crippen LogP contribution < -0.4 is 5.32 Å². The van der Waals surface area contributed by atoms with Crippen molar-refractivity contribution in [3.63, 3.8) is 0 Å². The minimum atomic E-state index is -0.774. The van der Waals surface area contributed by atoms with Gasteiger partial charge in [-0.25, -0.2) is 0 Å². The summed E-state index contributed by atoms with van der Waals surface area (Å²) in [5.74, 6) is -1.20. The number of rotatable bonds is 3. The number of carboxylic acids is 1. The summed E-state index contributed by atoms with van der Waals surface area (Å²) in [6.45, 7) is 0. The molecule has 0 atom stereocenters. The summed E-state index contributed by atoms with van der Waals surface area (Å²) in [4.78, 5) is 22.3. The number of hydrogen-bond acceptors (Lipinski definition) is 2. The van der Waals surface area contributed by atoms with Crippen LogP contribution in [0.1, 0.15) is 23.3 Å². The van der Waals surface area contributed by atoms with Crippen LogP contribution in [0.15, 0.2) is 18.3 Å². The molecule has 1 aromatic heterocycles. The molecule has 1 aliphatic carbocycles. The molecule has 16 heavy (non-hydrogen) atoms. The molecule has 5 nitrogen and oxygen atoms in total. The Bertz CT molecular complexity index is 419. The summed E-state index contributed by atoms with van der Waals surface area (Å²) in [6, 6.07) is 3.54. The van der Waals surface area contributed by atoms with Crippen molar-refractivity contribution in [1.82, 2.24) is 9.88 Å². The molecule has 1 heterocycles. The van der Waals surface area contributed by atoms with Gasteiger partial charge in [-0.3, -0.25) is 9.59 Å². The minimum absolute atomic E-state index is 0.00324. The van der Waals surface area contributed by atoms with E-state index in [4.69, 9.17) is 5.11 Å². The maximum Gasteiger partial charge on any atom is 0.306 e. The Hall–Kier alpha value is -1.78. The zero-order valence-electron chi connectivity index (χ0n) is 9.01. The van der Waals surface area contributed by atoms with Crippen LogP contribution in [0.5, 0.6) is 0 Å². The number of nitrogens with one attached hydrogen (secondary N) is 1. The lowest BCUT2D eigenvalue weighted by molar-refractivity contribution is -0.145. The summed E-state index contributed by atoms with van der Waals surface area (Å²) in [7, 11) is 1.80. The Morgan fingerprint density at radius 3 is 2.69 bits per heavy atom. The highest BCUT2D eigenvalue weighted by molar-refractivity contribution is 5.93. The van der Waals surface area contributed by atoms with E-state index in [9.17, 15) is 9.59 Å². The molecular formula is C11H14N2O3. The number of aryl methyl sites for hydroxylation is 1. The smallest absolute Gasteiger partial charge is 0.306 e. The number of hydrogen-bond donors (Lipinski definition) is 2. The first-order valence-electron chi connectivity index (χ1n) is 5.23. The number of aliphatic carboxylic acids is 1. The highest BCUT2D eigenvalue weighted by Gasteiger charge is 2.35. The van der Waals surface area contributed by atoms with E-state index in [0.717, 1.165) is 0 Å². The molecule has 1 saturated carbocycles. The van der Waals surface area contributed by atoms with Gasteiger partial charge in [0.2, 0.25) is 0 Å². The lowest BCUT2D eigenvalue weighted by Crippen LogP contribution is -2.47. The zero-order valence-corrected chi connectivity index (χ0v) is 9.01. The van der Waals surface area contributed by atoms with Crippen molar-refractivity contribution in [2.45, 2.75) is 18.9 Å². The van der Waals surface area contributed by atoms with Gasteiger partial charge in [0.1, 0.15) is 5.69 Å².